The largest absolute Gasteiger partial charge is 0.378 e. The first-order valence-electron chi connectivity index (χ1n) is 10.0. The molecule has 7 nitrogen and oxygen atoms in total. The van der Waals surface area contributed by atoms with Gasteiger partial charge >= 0.3 is 0 Å². The Hall–Kier alpha value is -2.68. The van der Waals surface area contributed by atoms with Gasteiger partial charge in [-0.2, -0.15) is 0 Å². The van der Waals surface area contributed by atoms with Crippen LogP contribution in [0.5, 0.6) is 0 Å². The zero-order chi connectivity index (χ0) is 22.8. The van der Waals surface area contributed by atoms with Gasteiger partial charge in [0.1, 0.15) is 11.0 Å². The highest BCUT2D eigenvalue weighted by Gasteiger charge is 2.35. The lowest BCUT2D eigenvalue weighted by molar-refractivity contribution is -0.119. The molecule has 1 aliphatic heterocycles. The summed E-state index contributed by atoms with van der Waals surface area (Å²) in [7, 11) is 3.96. The SMILES string of the molecule is CN(C)c1ccc(-c2nnc(NC(=O)C3CCCN3C(=O)c3cc(Cl)cc(Cl)c3)s2)cc1. The minimum absolute atomic E-state index is 0.272. The molecule has 32 heavy (non-hydrogen) atoms. The van der Waals surface area contributed by atoms with Crippen LogP contribution in [0, 0.1) is 0 Å². The van der Waals surface area contributed by atoms with Crippen LogP contribution in [0.3, 0.4) is 0 Å². The first-order chi connectivity index (χ1) is 15.3. The van der Waals surface area contributed by atoms with E-state index in [2.05, 4.69) is 15.5 Å². The highest BCUT2D eigenvalue weighted by Crippen LogP contribution is 2.29. The number of hydrogen-bond acceptors (Lipinski definition) is 6. The maximum atomic E-state index is 13.0. The van der Waals surface area contributed by atoms with Gasteiger partial charge in [-0.15, -0.1) is 10.2 Å². The van der Waals surface area contributed by atoms with E-state index in [1.165, 1.54) is 11.3 Å². The van der Waals surface area contributed by atoms with Gasteiger partial charge in [-0.05, 0) is 55.3 Å². The molecule has 1 aliphatic rings. The van der Waals surface area contributed by atoms with Crippen LogP contribution in [-0.4, -0.2) is 53.6 Å². The van der Waals surface area contributed by atoms with Gasteiger partial charge in [0, 0.05) is 47.5 Å². The van der Waals surface area contributed by atoms with Crippen LogP contribution in [0.4, 0.5) is 10.8 Å². The molecule has 166 valence electrons. The minimum atomic E-state index is -0.591. The molecular formula is C22H21Cl2N5O2S. The van der Waals surface area contributed by atoms with Crippen molar-refractivity contribution in [2.45, 2.75) is 18.9 Å². The van der Waals surface area contributed by atoms with Crippen molar-refractivity contribution in [1.29, 1.82) is 0 Å². The fourth-order valence-corrected chi connectivity index (χ4v) is 4.88. The molecule has 3 aromatic rings. The summed E-state index contributed by atoms with van der Waals surface area (Å²) >= 11 is 13.4. The van der Waals surface area contributed by atoms with E-state index >= 15 is 0 Å². The summed E-state index contributed by atoms with van der Waals surface area (Å²) in [5.74, 6) is -0.555. The molecule has 0 saturated carbocycles. The lowest BCUT2D eigenvalue weighted by Gasteiger charge is -2.23. The van der Waals surface area contributed by atoms with E-state index in [4.69, 9.17) is 23.2 Å². The van der Waals surface area contributed by atoms with Crippen LogP contribution in [-0.2, 0) is 4.79 Å². The van der Waals surface area contributed by atoms with Crippen LogP contribution in [0.1, 0.15) is 23.2 Å². The molecule has 2 heterocycles. The number of carbonyl (C=O) groups is 2. The predicted molar refractivity (Wildman–Crippen MR) is 129 cm³/mol. The molecule has 1 unspecified atom stereocenters. The van der Waals surface area contributed by atoms with E-state index in [-0.39, 0.29) is 11.8 Å². The van der Waals surface area contributed by atoms with Gasteiger partial charge in [-0.1, -0.05) is 34.5 Å². The maximum absolute atomic E-state index is 13.0. The number of aromatic nitrogens is 2. The average Bonchev–Trinajstić information content (AvgIpc) is 3.42. The molecule has 0 bridgehead atoms. The molecule has 1 saturated heterocycles. The normalized spacial score (nSPS) is 15.6. The Morgan fingerprint density at radius 1 is 1.09 bits per heavy atom. The van der Waals surface area contributed by atoms with Gasteiger partial charge in [-0.25, -0.2) is 0 Å². The number of hydrogen-bond donors (Lipinski definition) is 1. The van der Waals surface area contributed by atoms with Crippen molar-refractivity contribution in [3.63, 3.8) is 0 Å². The molecule has 2 aromatic carbocycles. The van der Waals surface area contributed by atoms with Gasteiger partial charge in [-0.3, -0.25) is 14.9 Å². The first-order valence-corrected chi connectivity index (χ1v) is 11.6. The quantitative estimate of drug-likeness (QED) is 0.555. The van der Waals surface area contributed by atoms with E-state index in [0.29, 0.717) is 38.7 Å². The highest BCUT2D eigenvalue weighted by molar-refractivity contribution is 7.18. The topological polar surface area (TPSA) is 78.4 Å². The van der Waals surface area contributed by atoms with Crippen LogP contribution < -0.4 is 10.2 Å². The number of halogens is 2. The third-order valence-electron chi connectivity index (χ3n) is 5.21. The Balaban J connectivity index is 1.46. The Kier molecular flexibility index (Phi) is 6.64. The number of amides is 2. The fraction of sp³-hybridized carbons (Fsp3) is 0.273. The predicted octanol–water partition coefficient (Wildman–Crippen LogP) is 4.82. The maximum Gasteiger partial charge on any atom is 0.254 e. The average molecular weight is 490 g/mol. The van der Waals surface area contributed by atoms with Crippen molar-refractivity contribution in [2.75, 3.05) is 30.9 Å². The molecule has 1 N–H and O–H groups in total. The van der Waals surface area contributed by atoms with Crippen molar-refractivity contribution >= 4 is 57.2 Å². The van der Waals surface area contributed by atoms with Gasteiger partial charge in [0.15, 0.2) is 0 Å². The summed E-state index contributed by atoms with van der Waals surface area (Å²) in [5.41, 5.74) is 2.37. The number of carbonyl (C=O) groups excluding carboxylic acids is 2. The van der Waals surface area contributed by atoms with Crippen molar-refractivity contribution in [1.82, 2.24) is 15.1 Å². The number of benzene rings is 2. The fourth-order valence-electron chi connectivity index (χ4n) is 3.61. The lowest BCUT2D eigenvalue weighted by Crippen LogP contribution is -2.43. The molecule has 0 spiro atoms. The highest BCUT2D eigenvalue weighted by atomic mass is 35.5. The van der Waals surface area contributed by atoms with E-state index in [0.717, 1.165) is 17.7 Å². The van der Waals surface area contributed by atoms with Gasteiger partial charge in [0.25, 0.3) is 5.91 Å². The summed E-state index contributed by atoms with van der Waals surface area (Å²) in [6.07, 6.45) is 1.31. The Labute approximate surface area is 200 Å². The van der Waals surface area contributed by atoms with E-state index in [9.17, 15) is 9.59 Å². The molecule has 1 aromatic heterocycles. The number of nitrogens with one attached hydrogen (secondary N) is 1. The third kappa shape index (κ3) is 4.87. The summed E-state index contributed by atoms with van der Waals surface area (Å²) in [6.45, 7) is 0.487. The zero-order valence-electron chi connectivity index (χ0n) is 17.5. The Morgan fingerprint density at radius 2 is 1.78 bits per heavy atom. The number of anilines is 2. The van der Waals surface area contributed by atoms with Gasteiger partial charge in [0.05, 0.1) is 0 Å². The van der Waals surface area contributed by atoms with E-state index in [1.807, 2.05) is 43.3 Å². The smallest absolute Gasteiger partial charge is 0.254 e. The minimum Gasteiger partial charge on any atom is -0.378 e. The molecule has 4 rings (SSSR count). The Bertz CT molecular complexity index is 1130. The number of rotatable bonds is 5. The standard InChI is InChI=1S/C22H21Cl2N5O2S/c1-28(2)17-7-5-13(6-8-17)20-26-27-22(32-20)25-19(30)18-4-3-9-29(18)21(31)14-10-15(23)12-16(24)11-14/h5-8,10-12,18H,3-4,9H2,1-2H3,(H,25,27,30). The molecule has 1 fully saturated rings. The molecule has 0 aliphatic carbocycles. The summed E-state index contributed by atoms with van der Waals surface area (Å²) in [4.78, 5) is 29.5. The lowest BCUT2D eigenvalue weighted by atomic mass is 10.1. The number of nitrogens with zero attached hydrogens (tertiary/aromatic N) is 4. The molecule has 1 atom stereocenters. The van der Waals surface area contributed by atoms with Crippen molar-refractivity contribution < 1.29 is 9.59 Å². The molecular weight excluding hydrogens is 469 g/mol. The Morgan fingerprint density at radius 3 is 2.44 bits per heavy atom. The second kappa shape index (κ2) is 9.44. The van der Waals surface area contributed by atoms with Crippen LogP contribution in [0.25, 0.3) is 10.6 Å². The first kappa shape index (κ1) is 22.5. The van der Waals surface area contributed by atoms with Crippen LogP contribution >= 0.6 is 34.5 Å². The summed E-state index contributed by atoms with van der Waals surface area (Å²) in [6, 6.07) is 12.0. The zero-order valence-corrected chi connectivity index (χ0v) is 19.8. The van der Waals surface area contributed by atoms with Crippen molar-refractivity contribution in [2.24, 2.45) is 0 Å². The molecule has 10 heteroatoms. The van der Waals surface area contributed by atoms with E-state index in [1.54, 1.807) is 23.1 Å². The monoisotopic (exact) mass is 489 g/mol. The summed E-state index contributed by atoms with van der Waals surface area (Å²) in [5, 5.41) is 13.0. The van der Waals surface area contributed by atoms with Gasteiger partial charge in [0.2, 0.25) is 11.0 Å². The third-order valence-corrected chi connectivity index (χ3v) is 6.54. The van der Waals surface area contributed by atoms with Crippen LogP contribution in [0.15, 0.2) is 42.5 Å². The number of likely N-dealkylation sites (tertiary alicyclic amines) is 1. The second-order valence-corrected chi connectivity index (χ2v) is 9.51. The van der Waals surface area contributed by atoms with Crippen molar-refractivity contribution in [3.8, 4) is 10.6 Å². The van der Waals surface area contributed by atoms with E-state index < -0.39 is 6.04 Å². The second-order valence-electron chi connectivity index (χ2n) is 7.66. The summed E-state index contributed by atoms with van der Waals surface area (Å²) < 4.78 is 0. The molecule has 0 radical (unpaired) electrons. The van der Waals surface area contributed by atoms with Gasteiger partial charge < -0.3 is 9.80 Å². The van der Waals surface area contributed by atoms with Crippen LogP contribution in [0.2, 0.25) is 10.0 Å². The molecule has 2 amide bonds. The van der Waals surface area contributed by atoms with Crippen molar-refractivity contribution in [3.05, 3.63) is 58.1 Å².